The van der Waals surface area contributed by atoms with E-state index in [-0.39, 0.29) is 11.8 Å². The van der Waals surface area contributed by atoms with E-state index >= 15 is 0 Å². The number of amides is 1. The molecule has 0 saturated heterocycles. The molecule has 3 atom stereocenters. The van der Waals surface area contributed by atoms with E-state index in [9.17, 15) is 4.79 Å². The summed E-state index contributed by atoms with van der Waals surface area (Å²) in [5.74, 6) is 1.82. The summed E-state index contributed by atoms with van der Waals surface area (Å²) in [6.07, 6.45) is 3.43. The van der Waals surface area contributed by atoms with Crippen molar-refractivity contribution in [2.24, 2.45) is 29.4 Å². The molecule has 1 aliphatic carbocycles. The lowest BCUT2D eigenvalue weighted by Crippen LogP contribution is -2.37. The van der Waals surface area contributed by atoms with E-state index in [2.05, 4.69) is 20.8 Å². The Morgan fingerprint density at radius 2 is 2.00 bits per heavy atom. The van der Waals surface area contributed by atoms with Gasteiger partial charge in [0.25, 0.3) is 0 Å². The van der Waals surface area contributed by atoms with Crippen molar-refractivity contribution >= 4 is 5.91 Å². The highest BCUT2D eigenvalue weighted by atomic mass is 16.1. The smallest absolute Gasteiger partial charge is 0.220 e. The second-order valence-electron chi connectivity index (χ2n) is 4.83. The van der Waals surface area contributed by atoms with Gasteiger partial charge in [-0.05, 0) is 30.6 Å². The molecule has 0 radical (unpaired) electrons. The third-order valence-electron chi connectivity index (χ3n) is 3.39. The largest absolute Gasteiger partial charge is 0.369 e. The number of carbonyl (C=O) groups is 1. The van der Waals surface area contributed by atoms with E-state index in [0.717, 1.165) is 6.42 Å². The minimum absolute atomic E-state index is 0.0924. The first-order valence-corrected chi connectivity index (χ1v) is 5.31. The van der Waals surface area contributed by atoms with E-state index in [4.69, 9.17) is 5.73 Å². The number of hydrogen-bond acceptors (Lipinski definition) is 1. The highest BCUT2D eigenvalue weighted by Crippen LogP contribution is 2.37. The van der Waals surface area contributed by atoms with Gasteiger partial charge < -0.3 is 5.73 Å². The number of primary amides is 1. The minimum atomic E-state index is -0.0924. The van der Waals surface area contributed by atoms with E-state index in [1.165, 1.54) is 12.8 Å². The first kappa shape index (κ1) is 10.6. The molecule has 0 aromatic heterocycles. The Labute approximate surface area is 80.9 Å². The first-order chi connectivity index (χ1) is 6.02. The summed E-state index contributed by atoms with van der Waals surface area (Å²) < 4.78 is 0. The molecule has 2 nitrogen and oxygen atoms in total. The molecule has 3 unspecified atom stereocenters. The van der Waals surface area contributed by atoms with Crippen molar-refractivity contribution < 1.29 is 4.79 Å². The van der Waals surface area contributed by atoms with Crippen molar-refractivity contribution in [3.05, 3.63) is 0 Å². The average Bonchev–Trinajstić information content (AvgIpc) is 2.03. The van der Waals surface area contributed by atoms with E-state index < -0.39 is 0 Å². The zero-order chi connectivity index (χ0) is 10.0. The van der Waals surface area contributed by atoms with Gasteiger partial charge in [-0.3, -0.25) is 4.79 Å². The summed E-state index contributed by atoms with van der Waals surface area (Å²) in [5, 5.41) is 0. The molecule has 1 saturated carbocycles. The van der Waals surface area contributed by atoms with Crippen molar-refractivity contribution in [3.8, 4) is 0 Å². The van der Waals surface area contributed by atoms with Gasteiger partial charge in [0.1, 0.15) is 0 Å². The zero-order valence-electron chi connectivity index (χ0n) is 8.92. The predicted molar refractivity (Wildman–Crippen MR) is 54.0 cm³/mol. The number of nitrogens with two attached hydrogens (primary N) is 1. The summed E-state index contributed by atoms with van der Waals surface area (Å²) in [7, 11) is 0. The molecule has 1 amide bonds. The Hall–Kier alpha value is -0.530. The van der Waals surface area contributed by atoms with Crippen LogP contribution in [0.3, 0.4) is 0 Å². The van der Waals surface area contributed by atoms with Crippen LogP contribution in [0.15, 0.2) is 0 Å². The summed E-state index contributed by atoms with van der Waals surface area (Å²) >= 11 is 0. The Morgan fingerprint density at radius 1 is 1.38 bits per heavy atom. The van der Waals surface area contributed by atoms with Crippen molar-refractivity contribution in [2.75, 3.05) is 0 Å². The Kier molecular flexibility index (Phi) is 3.34. The van der Waals surface area contributed by atoms with Crippen LogP contribution in [0.1, 0.15) is 40.0 Å². The summed E-state index contributed by atoms with van der Waals surface area (Å²) in [4.78, 5) is 11.2. The van der Waals surface area contributed by atoms with Gasteiger partial charge in [-0.25, -0.2) is 0 Å². The van der Waals surface area contributed by atoms with Gasteiger partial charge in [0.05, 0.1) is 0 Å². The third kappa shape index (κ3) is 2.45. The van der Waals surface area contributed by atoms with Crippen LogP contribution in [0, 0.1) is 23.7 Å². The van der Waals surface area contributed by atoms with Gasteiger partial charge >= 0.3 is 0 Å². The Bertz CT molecular complexity index is 189. The summed E-state index contributed by atoms with van der Waals surface area (Å²) in [6, 6.07) is 0. The van der Waals surface area contributed by atoms with Crippen LogP contribution in [0.4, 0.5) is 0 Å². The van der Waals surface area contributed by atoms with Gasteiger partial charge in [0.2, 0.25) is 5.91 Å². The second-order valence-corrected chi connectivity index (χ2v) is 4.83. The van der Waals surface area contributed by atoms with Gasteiger partial charge in [-0.15, -0.1) is 0 Å². The molecule has 1 rings (SSSR count). The van der Waals surface area contributed by atoms with E-state index in [1.807, 2.05) is 0 Å². The monoisotopic (exact) mass is 183 g/mol. The molecule has 0 spiro atoms. The third-order valence-corrected chi connectivity index (χ3v) is 3.39. The molecule has 76 valence electrons. The minimum Gasteiger partial charge on any atom is -0.369 e. The fourth-order valence-electron chi connectivity index (χ4n) is 2.53. The maximum Gasteiger partial charge on any atom is 0.220 e. The van der Waals surface area contributed by atoms with E-state index in [1.54, 1.807) is 0 Å². The van der Waals surface area contributed by atoms with Crippen LogP contribution in [0.2, 0.25) is 0 Å². The standard InChI is InChI=1S/C11H21NO/c1-7(2)9-5-4-8(3)6-10(9)11(12)13/h7-10H,4-6H2,1-3H3,(H2,12,13). The number of carbonyl (C=O) groups excluding carboxylic acids is 1. The van der Waals surface area contributed by atoms with Gasteiger partial charge in [-0.1, -0.05) is 27.2 Å². The molecule has 0 aromatic carbocycles. The van der Waals surface area contributed by atoms with Gasteiger partial charge in [-0.2, -0.15) is 0 Å². The van der Waals surface area contributed by atoms with Gasteiger partial charge in [0, 0.05) is 5.92 Å². The SMILES string of the molecule is CC1CCC(C(C)C)C(C(N)=O)C1. The maximum atomic E-state index is 11.2. The van der Waals surface area contributed by atoms with Crippen LogP contribution in [-0.2, 0) is 4.79 Å². The van der Waals surface area contributed by atoms with E-state index in [0.29, 0.717) is 17.8 Å². The fourth-order valence-corrected chi connectivity index (χ4v) is 2.53. The first-order valence-electron chi connectivity index (χ1n) is 5.31. The lowest BCUT2D eigenvalue weighted by atomic mass is 9.70. The van der Waals surface area contributed by atoms with Crippen LogP contribution in [0.25, 0.3) is 0 Å². The molecule has 2 heteroatoms. The maximum absolute atomic E-state index is 11.2. The topological polar surface area (TPSA) is 43.1 Å². The molecule has 1 aliphatic rings. The lowest BCUT2D eigenvalue weighted by molar-refractivity contribution is -0.125. The van der Waals surface area contributed by atoms with Crippen LogP contribution < -0.4 is 5.73 Å². The second kappa shape index (κ2) is 4.12. The molecule has 1 fully saturated rings. The highest BCUT2D eigenvalue weighted by molar-refractivity contribution is 5.77. The molecule has 0 aromatic rings. The van der Waals surface area contributed by atoms with Gasteiger partial charge in [0.15, 0.2) is 0 Å². The molecule has 0 bridgehead atoms. The van der Waals surface area contributed by atoms with Crippen molar-refractivity contribution in [2.45, 2.75) is 40.0 Å². The zero-order valence-corrected chi connectivity index (χ0v) is 8.92. The fraction of sp³-hybridized carbons (Fsp3) is 0.909. The van der Waals surface area contributed by atoms with Crippen molar-refractivity contribution in [1.29, 1.82) is 0 Å². The Morgan fingerprint density at radius 3 is 2.46 bits per heavy atom. The molecule has 0 heterocycles. The molecule has 2 N–H and O–H groups in total. The molecular weight excluding hydrogens is 162 g/mol. The Balaban J connectivity index is 2.66. The molecular formula is C11H21NO. The normalized spacial score (nSPS) is 34.9. The average molecular weight is 183 g/mol. The lowest BCUT2D eigenvalue weighted by Gasteiger charge is -2.35. The number of hydrogen-bond donors (Lipinski definition) is 1. The quantitative estimate of drug-likeness (QED) is 0.700. The molecule has 0 aliphatic heterocycles. The van der Waals surface area contributed by atoms with Crippen LogP contribution >= 0.6 is 0 Å². The van der Waals surface area contributed by atoms with Crippen LogP contribution in [-0.4, -0.2) is 5.91 Å². The molecule has 13 heavy (non-hydrogen) atoms. The number of rotatable bonds is 2. The van der Waals surface area contributed by atoms with Crippen molar-refractivity contribution in [3.63, 3.8) is 0 Å². The van der Waals surface area contributed by atoms with Crippen molar-refractivity contribution in [1.82, 2.24) is 0 Å². The summed E-state index contributed by atoms with van der Waals surface area (Å²) in [6.45, 7) is 6.60. The highest BCUT2D eigenvalue weighted by Gasteiger charge is 2.33. The predicted octanol–water partition coefficient (Wildman–Crippen LogP) is 2.18. The van der Waals surface area contributed by atoms with Crippen LogP contribution in [0.5, 0.6) is 0 Å². The summed E-state index contributed by atoms with van der Waals surface area (Å²) in [5.41, 5.74) is 5.42.